The van der Waals surface area contributed by atoms with Crippen molar-refractivity contribution in [2.24, 2.45) is 0 Å². The number of pyridine rings is 1. The summed E-state index contributed by atoms with van der Waals surface area (Å²) in [6.45, 7) is 1.83. The summed E-state index contributed by atoms with van der Waals surface area (Å²) in [4.78, 5) is 26.7. The molecule has 0 aliphatic carbocycles. The third kappa shape index (κ3) is 2.76. The summed E-state index contributed by atoms with van der Waals surface area (Å²) in [5.41, 5.74) is 1.99. The van der Waals surface area contributed by atoms with Gasteiger partial charge in [-0.15, -0.1) is 0 Å². The SMILES string of the molecule is CC(=O)c1cc2[nH]ccc(=O)c2cc1OCc1ccccc1. The van der Waals surface area contributed by atoms with Crippen LogP contribution in [0.2, 0.25) is 0 Å². The Labute approximate surface area is 127 Å². The lowest BCUT2D eigenvalue weighted by Crippen LogP contribution is -2.06. The van der Waals surface area contributed by atoms with Crippen molar-refractivity contribution in [3.63, 3.8) is 0 Å². The molecule has 0 amide bonds. The molecular formula is C18H15NO3. The normalized spacial score (nSPS) is 10.6. The van der Waals surface area contributed by atoms with E-state index in [0.717, 1.165) is 5.56 Å². The van der Waals surface area contributed by atoms with Crippen LogP contribution in [0, 0.1) is 0 Å². The second kappa shape index (κ2) is 5.85. The second-order valence-corrected chi connectivity index (χ2v) is 5.07. The number of rotatable bonds is 4. The molecule has 0 aliphatic heterocycles. The van der Waals surface area contributed by atoms with Crippen molar-refractivity contribution in [2.75, 3.05) is 0 Å². The predicted octanol–water partition coefficient (Wildman–Crippen LogP) is 3.31. The van der Waals surface area contributed by atoms with Crippen molar-refractivity contribution >= 4 is 16.7 Å². The lowest BCUT2D eigenvalue weighted by Gasteiger charge is -2.11. The number of hydrogen-bond donors (Lipinski definition) is 1. The van der Waals surface area contributed by atoms with Crippen molar-refractivity contribution < 1.29 is 9.53 Å². The van der Waals surface area contributed by atoms with Crippen molar-refractivity contribution in [1.82, 2.24) is 4.98 Å². The summed E-state index contributed by atoms with van der Waals surface area (Å²) in [5.74, 6) is 0.329. The van der Waals surface area contributed by atoms with E-state index in [-0.39, 0.29) is 11.2 Å². The average molecular weight is 293 g/mol. The van der Waals surface area contributed by atoms with E-state index in [2.05, 4.69) is 4.98 Å². The summed E-state index contributed by atoms with van der Waals surface area (Å²) < 4.78 is 5.77. The number of carbonyl (C=O) groups excluding carboxylic acids is 1. The molecule has 0 spiro atoms. The summed E-state index contributed by atoms with van der Waals surface area (Å²) in [6.07, 6.45) is 1.57. The van der Waals surface area contributed by atoms with Crippen molar-refractivity contribution in [3.8, 4) is 5.75 Å². The number of hydrogen-bond acceptors (Lipinski definition) is 3. The number of benzene rings is 2. The van der Waals surface area contributed by atoms with E-state index in [1.54, 1.807) is 18.3 Å². The van der Waals surface area contributed by atoms with Crippen LogP contribution < -0.4 is 10.2 Å². The number of ether oxygens (including phenoxy) is 1. The predicted molar refractivity (Wildman–Crippen MR) is 85.3 cm³/mol. The summed E-state index contributed by atoms with van der Waals surface area (Å²) in [5, 5.41) is 0.510. The van der Waals surface area contributed by atoms with Gasteiger partial charge in [-0.25, -0.2) is 0 Å². The number of fused-ring (bicyclic) bond motifs is 1. The maximum absolute atomic E-state index is 11.9. The molecule has 3 rings (SSSR count). The fraction of sp³-hybridized carbons (Fsp3) is 0.111. The minimum absolute atomic E-state index is 0.102. The monoisotopic (exact) mass is 293 g/mol. The van der Waals surface area contributed by atoms with Crippen LogP contribution in [0.5, 0.6) is 5.75 Å². The smallest absolute Gasteiger partial charge is 0.189 e. The molecule has 4 heteroatoms. The molecule has 1 heterocycles. The second-order valence-electron chi connectivity index (χ2n) is 5.07. The van der Waals surface area contributed by atoms with Gasteiger partial charge in [0, 0.05) is 17.6 Å². The van der Waals surface area contributed by atoms with Crippen LogP contribution in [0.4, 0.5) is 0 Å². The van der Waals surface area contributed by atoms with E-state index in [0.29, 0.717) is 28.8 Å². The summed E-state index contributed by atoms with van der Waals surface area (Å²) >= 11 is 0. The molecule has 1 N–H and O–H groups in total. The molecule has 0 aliphatic rings. The Hall–Kier alpha value is -2.88. The van der Waals surface area contributed by atoms with E-state index >= 15 is 0 Å². The number of aromatic nitrogens is 1. The van der Waals surface area contributed by atoms with E-state index in [1.807, 2.05) is 30.3 Å². The Bertz CT molecular complexity index is 882. The number of aromatic amines is 1. The zero-order chi connectivity index (χ0) is 15.5. The van der Waals surface area contributed by atoms with Crippen LogP contribution in [-0.4, -0.2) is 10.8 Å². The highest BCUT2D eigenvalue weighted by molar-refractivity contribution is 6.00. The molecule has 0 bridgehead atoms. The molecule has 0 saturated heterocycles. The Morgan fingerprint density at radius 3 is 2.64 bits per heavy atom. The minimum atomic E-state index is -0.103. The Kier molecular flexibility index (Phi) is 3.74. The summed E-state index contributed by atoms with van der Waals surface area (Å²) in [7, 11) is 0. The van der Waals surface area contributed by atoms with Gasteiger partial charge in [0.1, 0.15) is 12.4 Å². The van der Waals surface area contributed by atoms with Gasteiger partial charge in [0.25, 0.3) is 0 Å². The van der Waals surface area contributed by atoms with E-state index in [4.69, 9.17) is 4.74 Å². The van der Waals surface area contributed by atoms with E-state index < -0.39 is 0 Å². The largest absolute Gasteiger partial charge is 0.488 e. The number of ketones is 1. The number of carbonyl (C=O) groups is 1. The minimum Gasteiger partial charge on any atom is -0.488 e. The third-order valence-corrected chi connectivity index (χ3v) is 3.48. The van der Waals surface area contributed by atoms with Crippen molar-refractivity contribution in [3.05, 3.63) is 76.1 Å². The van der Waals surface area contributed by atoms with Gasteiger partial charge in [0.05, 0.1) is 11.1 Å². The fourth-order valence-electron chi connectivity index (χ4n) is 2.33. The molecule has 22 heavy (non-hydrogen) atoms. The van der Waals surface area contributed by atoms with Crippen LogP contribution in [0.15, 0.2) is 59.5 Å². The zero-order valence-electron chi connectivity index (χ0n) is 12.1. The van der Waals surface area contributed by atoms with Gasteiger partial charge in [0.15, 0.2) is 11.2 Å². The topological polar surface area (TPSA) is 59.2 Å². The van der Waals surface area contributed by atoms with Gasteiger partial charge in [-0.05, 0) is 24.6 Å². The molecule has 0 radical (unpaired) electrons. The first-order valence-electron chi connectivity index (χ1n) is 6.98. The maximum Gasteiger partial charge on any atom is 0.189 e. The highest BCUT2D eigenvalue weighted by Crippen LogP contribution is 2.24. The van der Waals surface area contributed by atoms with Crippen LogP contribution in [0.1, 0.15) is 22.8 Å². The first-order valence-corrected chi connectivity index (χ1v) is 6.98. The fourth-order valence-corrected chi connectivity index (χ4v) is 2.33. The van der Waals surface area contributed by atoms with Crippen LogP contribution in [0.3, 0.4) is 0 Å². The Morgan fingerprint density at radius 2 is 1.91 bits per heavy atom. The molecule has 110 valence electrons. The Morgan fingerprint density at radius 1 is 1.14 bits per heavy atom. The average Bonchev–Trinajstić information content (AvgIpc) is 2.53. The standard InChI is InChI=1S/C18H15NO3/c1-12(20)14-9-16-15(17(21)7-8-19-16)10-18(14)22-11-13-5-3-2-4-6-13/h2-10H,11H2,1H3,(H,19,21). The van der Waals surface area contributed by atoms with Gasteiger partial charge in [-0.2, -0.15) is 0 Å². The molecule has 2 aromatic carbocycles. The van der Waals surface area contributed by atoms with Gasteiger partial charge >= 0.3 is 0 Å². The quantitative estimate of drug-likeness (QED) is 0.751. The Balaban J connectivity index is 2.03. The van der Waals surface area contributed by atoms with Gasteiger partial charge in [-0.3, -0.25) is 9.59 Å². The molecule has 0 saturated carbocycles. The molecule has 1 aromatic heterocycles. The molecular weight excluding hydrogens is 278 g/mol. The molecule has 3 aromatic rings. The highest BCUT2D eigenvalue weighted by atomic mass is 16.5. The van der Waals surface area contributed by atoms with Gasteiger partial charge in [0.2, 0.25) is 0 Å². The highest BCUT2D eigenvalue weighted by Gasteiger charge is 2.12. The summed E-state index contributed by atoms with van der Waals surface area (Å²) in [6, 6.07) is 14.4. The molecule has 0 atom stereocenters. The lowest BCUT2D eigenvalue weighted by atomic mass is 10.1. The first kappa shape index (κ1) is 14.1. The van der Waals surface area contributed by atoms with Gasteiger partial charge in [-0.1, -0.05) is 30.3 Å². The molecule has 4 nitrogen and oxygen atoms in total. The first-order chi connectivity index (χ1) is 10.6. The number of H-pyrrole nitrogens is 1. The lowest BCUT2D eigenvalue weighted by molar-refractivity contribution is 0.101. The van der Waals surface area contributed by atoms with Crippen LogP contribution in [-0.2, 0) is 6.61 Å². The van der Waals surface area contributed by atoms with Gasteiger partial charge < -0.3 is 9.72 Å². The van der Waals surface area contributed by atoms with E-state index in [1.165, 1.54) is 13.0 Å². The van der Waals surface area contributed by atoms with Crippen LogP contribution in [0.25, 0.3) is 10.9 Å². The molecule has 0 fully saturated rings. The van der Waals surface area contributed by atoms with E-state index in [9.17, 15) is 9.59 Å². The number of Topliss-reactive ketones (excluding diaryl/α,β-unsaturated/α-hetero) is 1. The molecule has 0 unspecified atom stereocenters. The van der Waals surface area contributed by atoms with Crippen molar-refractivity contribution in [1.29, 1.82) is 0 Å². The third-order valence-electron chi connectivity index (χ3n) is 3.48. The maximum atomic E-state index is 11.9. The number of nitrogens with one attached hydrogen (secondary N) is 1. The zero-order valence-corrected chi connectivity index (χ0v) is 12.1. The van der Waals surface area contributed by atoms with Crippen molar-refractivity contribution in [2.45, 2.75) is 13.5 Å². The van der Waals surface area contributed by atoms with Crippen LogP contribution >= 0.6 is 0 Å².